The molecule has 0 saturated heterocycles. The highest BCUT2D eigenvalue weighted by atomic mass is 32.2. The van der Waals surface area contributed by atoms with Crippen LogP contribution in [-0.4, -0.2) is 51.6 Å². The van der Waals surface area contributed by atoms with Crippen molar-refractivity contribution in [2.45, 2.75) is 57.3 Å². The molecule has 0 fully saturated rings. The topological polar surface area (TPSA) is 120 Å². The van der Waals surface area contributed by atoms with Gasteiger partial charge in [-0.3, -0.25) is 0 Å². The lowest BCUT2D eigenvalue weighted by Crippen LogP contribution is -2.44. The molecule has 37 heavy (non-hydrogen) atoms. The molecule has 2 heterocycles. The number of para-hydroxylation sites is 1. The summed E-state index contributed by atoms with van der Waals surface area (Å²) < 4.78 is 101. The second-order valence-corrected chi connectivity index (χ2v) is 9.88. The largest absolute Gasteiger partial charge is 0.514 e. The number of anilines is 1. The van der Waals surface area contributed by atoms with Gasteiger partial charge in [-0.1, -0.05) is 31.5 Å². The molecule has 0 amide bonds. The number of hydrogen-bond donors (Lipinski definition) is 1. The molecule has 0 aliphatic carbocycles. The molecule has 0 atom stereocenters. The van der Waals surface area contributed by atoms with Crippen LogP contribution in [0.25, 0.3) is 21.9 Å². The summed E-state index contributed by atoms with van der Waals surface area (Å²) in [5.41, 5.74) is 1.74. The van der Waals surface area contributed by atoms with Crippen LogP contribution in [0.15, 0.2) is 24.3 Å². The zero-order valence-corrected chi connectivity index (χ0v) is 20.3. The Labute approximate surface area is 207 Å². The summed E-state index contributed by atoms with van der Waals surface area (Å²) in [6.45, 7) is 0.942. The van der Waals surface area contributed by atoms with Crippen molar-refractivity contribution in [1.29, 1.82) is 0 Å². The summed E-state index contributed by atoms with van der Waals surface area (Å²) >= 11 is 0. The lowest BCUT2D eigenvalue weighted by atomic mass is 10.2. The smallest absolute Gasteiger partial charge is 0.382 e. The zero-order valence-electron chi connectivity index (χ0n) is 19.4. The number of benzene rings is 1. The maximum Gasteiger partial charge on any atom is 0.514 e. The van der Waals surface area contributed by atoms with Crippen LogP contribution in [0.4, 0.5) is 32.2 Å². The number of carbonyl (C=O) groups is 1. The van der Waals surface area contributed by atoms with Gasteiger partial charge in [0.15, 0.2) is 5.82 Å². The standard InChI is InChI=1S/C21H23F6N5O4S/c1-2-3-10-15-30-16-17(13-8-4-5-9-14(13)29-18(16)28)31(15)11-6-7-12-32(36-19(33)20(22,23)24)37(34,35)21(25,26)27/h4-5,8-9H,2-3,6-7,10-12H2,1H3,(H2,28,29). The molecule has 0 aliphatic rings. The van der Waals surface area contributed by atoms with Crippen molar-refractivity contribution in [3.63, 3.8) is 0 Å². The van der Waals surface area contributed by atoms with Crippen molar-refractivity contribution in [2.75, 3.05) is 12.3 Å². The van der Waals surface area contributed by atoms with E-state index < -0.39 is 38.7 Å². The van der Waals surface area contributed by atoms with Gasteiger partial charge in [0.25, 0.3) is 0 Å². The average Bonchev–Trinajstić information content (AvgIpc) is 3.17. The number of alkyl halides is 6. The van der Waals surface area contributed by atoms with E-state index in [-0.39, 0.29) is 25.2 Å². The van der Waals surface area contributed by atoms with Crippen LogP contribution in [0.1, 0.15) is 38.4 Å². The number of sulfonamides is 1. The second kappa shape index (κ2) is 10.7. The van der Waals surface area contributed by atoms with Gasteiger partial charge in [-0.05, 0) is 29.8 Å². The molecule has 1 aromatic carbocycles. The molecule has 16 heteroatoms. The van der Waals surface area contributed by atoms with Crippen LogP contribution in [0, 0.1) is 0 Å². The Morgan fingerprint density at radius 1 is 1.08 bits per heavy atom. The lowest BCUT2D eigenvalue weighted by molar-refractivity contribution is -0.224. The monoisotopic (exact) mass is 555 g/mol. The van der Waals surface area contributed by atoms with Crippen molar-refractivity contribution < 1.29 is 44.4 Å². The van der Waals surface area contributed by atoms with Gasteiger partial charge in [0.2, 0.25) is 0 Å². The van der Waals surface area contributed by atoms with E-state index >= 15 is 0 Å². The van der Waals surface area contributed by atoms with Crippen LogP contribution in [0.2, 0.25) is 0 Å². The van der Waals surface area contributed by atoms with Crippen molar-refractivity contribution >= 4 is 43.7 Å². The molecule has 0 radical (unpaired) electrons. The summed E-state index contributed by atoms with van der Waals surface area (Å²) in [4.78, 5) is 23.6. The maximum atomic E-state index is 13.0. The van der Waals surface area contributed by atoms with E-state index in [0.29, 0.717) is 34.2 Å². The first kappa shape index (κ1) is 28.4. The van der Waals surface area contributed by atoms with E-state index in [1.54, 1.807) is 28.8 Å². The van der Waals surface area contributed by atoms with Crippen molar-refractivity contribution in [3.05, 3.63) is 30.1 Å². The molecule has 9 nitrogen and oxygen atoms in total. The maximum absolute atomic E-state index is 13.0. The Morgan fingerprint density at radius 3 is 2.38 bits per heavy atom. The summed E-state index contributed by atoms with van der Waals surface area (Å²) in [5.74, 6) is -2.30. The number of fused-ring (bicyclic) bond motifs is 3. The minimum absolute atomic E-state index is 0.00852. The number of nitrogens with two attached hydrogens (primary N) is 1. The number of aromatic nitrogens is 3. The normalized spacial score (nSPS) is 13.1. The fourth-order valence-electron chi connectivity index (χ4n) is 3.66. The SMILES string of the molecule is CCCCc1nc2c(N)nc3ccccc3c2n1CCCCN(OC(=O)C(F)(F)F)S(=O)(=O)C(F)(F)F. The quantitative estimate of drug-likeness (QED) is 0.223. The Morgan fingerprint density at radius 2 is 1.76 bits per heavy atom. The number of aryl methyl sites for hydroxylation is 2. The zero-order chi connectivity index (χ0) is 27.6. The van der Waals surface area contributed by atoms with Crippen molar-refractivity contribution in [3.8, 4) is 0 Å². The molecule has 0 aliphatic heterocycles. The van der Waals surface area contributed by atoms with Crippen LogP contribution in [0.5, 0.6) is 0 Å². The number of unbranched alkanes of at least 4 members (excludes halogenated alkanes) is 2. The third-order valence-electron chi connectivity index (χ3n) is 5.39. The highest BCUT2D eigenvalue weighted by Gasteiger charge is 2.54. The van der Waals surface area contributed by atoms with E-state index in [4.69, 9.17) is 5.73 Å². The third kappa shape index (κ3) is 6.06. The van der Waals surface area contributed by atoms with Crippen LogP contribution < -0.4 is 5.73 Å². The summed E-state index contributed by atoms with van der Waals surface area (Å²) in [5, 5.41) is 0.710. The van der Waals surface area contributed by atoms with E-state index in [2.05, 4.69) is 14.8 Å². The molecule has 2 N–H and O–H groups in total. The number of hydrogen-bond acceptors (Lipinski definition) is 7. The van der Waals surface area contributed by atoms with Gasteiger partial charge in [0, 0.05) is 18.4 Å². The molecule has 3 aromatic rings. The first-order valence-corrected chi connectivity index (χ1v) is 12.5. The summed E-state index contributed by atoms with van der Waals surface area (Å²) in [7, 11) is -6.37. The number of hydroxylamine groups is 1. The average molecular weight is 556 g/mol. The molecule has 0 unspecified atom stereocenters. The summed E-state index contributed by atoms with van der Waals surface area (Å²) in [6.07, 6.45) is -3.92. The van der Waals surface area contributed by atoms with Gasteiger partial charge < -0.3 is 15.1 Å². The molecule has 204 valence electrons. The van der Waals surface area contributed by atoms with E-state index in [1.165, 1.54) is 0 Å². The minimum Gasteiger partial charge on any atom is -0.382 e. The van der Waals surface area contributed by atoms with Gasteiger partial charge in [-0.15, -0.1) is 0 Å². The number of rotatable bonds is 10. The van der Waals surface area contributed by atoms with Gasteiger partial charge in [-0.2, -0.15) is 34.8 Å². The van der Waals surface area contributed by atoms with Gasteiger partial charge in [0.05, 0.1) is 17.6 Å². The highest BCUT2D eigenvalue weighted by molar-refractivity contribution is 7.89. The van der Waals surface area contributed by atoms with Crippen LogP contribution >= 0.6 is 0 Å². The number of halogens is 6. The molecule has 2 aromatic heterocycles. The molecule has 0 spiro atoms. The van der Waals surface area contributed by atoms with E-state index in [1.807, 2.05) is 6.92 Å². The van der Waals surface area contributed by atoms with Gasteiger partial charge in [0.1, 0.15) is 11.3 Å². The molecular formula is C21H23F6N5O4S. The molecule has 0 bridgehead atoms. The van der Waals surface area contributed by atoms with E-state index in [0.717, 1.165) is 12.8 Å². The lowest BCUT2D eigenvalue weighted by Gasteiger charge is -2.22. The first-order chi connectivity index (χ1) is 17.2. The summed E-state index contributed by atoms with van der Waals surface area (Å²) in [6, 6.07) is 7.07. The second-order valence-electron chi connectivity index (χ2n) is 8.06. The number of pyridine rings is 1. The Kier molecular flexibility index (Phi) is 8.21. The van der Waals surface area contributed by atoms with Crippen molar-refractivity contribution in [1.82, 2.24) is 19.0 Å². The minimum atomic E-state index is -6.37. The van der Waals surface area contributed by atoms with Crippen LogP contribution in [-0.2, 0) is 32.6 Å². The fraction of sp³-hybridized carbons (Fsp3) is 0.476. The highest BCUT2D eigenvalue weighted by Crippen LogP contribution is 2.31. The Bertz CT molecular complexity index is 1390. The van der Waals surface area contributed by atoms with Gasteiger partial charge in [-0.25, -0.2) is 14.8 Å². The molecule has 3 rings (SSSR count). The number of nitrogens with zero attached hydrogens (tertiary/aromatic N) is 4. The molecule has 0 saturated carbocycles. The van der Waals surface area contributed by atoms with E-state index in [9.17, 15) is 39.6 Å². The number of carbonyl (C=O) groups excluding carboxylic acids is 1. The number of nitrogen functional groups attached to an aromatic ring is 1. The van der Waals surface area contributed by atoms with Crippen molar-refractivity contribution in [2.24, 2.45) is 0 Å². The fourth-order valence-corrected chi connectivity index (χ4v) is 4.42. The Balaban J connectivity index is 1.88. The first-order valence-electron chi connectivity index (χ1n) is 11.1. The van der Waals surface area contributed by atoms with Gasteiger partial charge >= 0.3 is 27.7 Å². The van der Waals surface area contributed by atoms with Crippen LogP contribution in [0.3, 0.4) is 0 Å². The third-order valence-corrected chi connectivity index (χ3v) is 6.77. The predicted octanol–water partition coefficient (Wildman–Crippen LogP) is 4.46. The molecular weight excluding hydrogens is 532 g/mol. The predicted molar refractivity (Wildman–Crippen MR) is 121 cm³/mol. The Hall–Kier alpha value is -3.14. The number of imidazole rings is 1.